The zero-order valence-corrected chi connectivity index (χ0v) is 13.8. The number of aromatic nitrogens is 4. The summed E-state index contributed by atoms with van der Waals surface area (Å²) in [7, 11) is 0. The lowest BCUT2D eigenvalue weighted by atomic mass is 10.0. The van der Waals surface area contributed by atoms with Gasteiger partial charge in [-0.05, 0) is 35.4 Å². The van der Waals surface area contributed by atoms with Crippen LogP contribution in [0.5, 0.6) is 0 Å². The molecule has 4 rings (SSSR count). The number of carbonyl (C=O) groups is 1. The molecule has 2 N–H and O–H groups in total. The molecule has 0 amide bonds. The van der Waals surface area contributed by atoms with Crippen LogP contribution in [0.4, 0.5) is 5.95 Å². The standard InChI is InChI=1S/C20H15N5O/c21-20-23-18(17-7-4-12-22-13-17)24-25(20)19(26)16-10-8-15(9-11-16)14-5-2-1-3-6-14/h1-13H,(H2,21,23,24). The minimum Gasteiger partial charge on any atom is -0.368 e. The van der Waals surface area contributed by atoms with Crippen molar-refractivity contribution in [3.8, 4) is 22.5 Å². The van der Waals surface area contributed by atoms with E-state index in [1.807, 2.05) is 48.5 Å². The Morgan fingerprint density at radius 3 is 2.23 bits per heavy atom. The highest BCUT2D eigenvalue weighted by Crippen LogP contribution is 2.20. The van der Waals surface area contributed by atoms with E-state index in [4.69, 9.17) is 5.73 Å². The molecule has 26 heavy (non-hydrogen) atoms. The summed E-state index contributed by atoms with van der Waals surface area (Å²) in [5, 5.41) is 4.23. The van der Waals surface area contributed by atoms with Crippen LogP contribution in [0.2, 0.25) is 0 Å². The normalized spacial score (nSPS) is 10.6. The van der Waals surface area contributed by atoms with Crippen molar-refractivity contribution in [2.45, 2.75) is 0 Å². The van der Waals surface area contributed by atoms with Gasteiger partial charge in [0, 0.05) is 23.5 Å². The Morgan fingerprint density at radius 1 is 0.846 bits per heavy atom. The molecule has 6 heteroatoms. The highest BCUT2D eigenvalue weighted by Gasteiger charge is 2.17. The molecule has 6 nitrogen and oxygen atoms in total. The predicted octanol–water partition coefficient (Wildman–Crippen LogP) is 3.28. The molecule has 4 aromatic rings. The van der Waals surface area contributed by atoms with E-state index >= 15 is 0 Å². The van der Waals surface area contributed by atoms with Gasteiger partial charge in [0.1, 0.15) is 0 Å². The van der Waals surface area contributed by atoms with Crippen LogP contribution in [0.15, 0.2) is 79.1 Å². The van der Waals surface area contributed by atoms with Crippen LogP contribution in [-0.4, -0.2) is 25.7 Å². The average molecular weight is 341 g/mol. The number of benzene rings is 2. The van der Waals surface area contributed by atoms with E-state index in [0.29, 0.717) is 17.0 Å². The summed E-state index contributed by atoms with van der Waals surface area (Å²) in [4.78, 5) is 20.9. The number of nitrogens with two attached hydrogens (primary N) is 1. The Hall–Kier alpha value is -3.80. The van der Waals surface area contributed by atoms with Crippen LogP contribution in [-0.2, 0) is 0 Å². The average Bonchev–Trinajstić information content (AvgIpc) is 3.10. The number of hydrogen-bond donors (Lipinski definition) is 1. The lowest BCUT2D eigenvalue weighted by Gasteiger charge is -2.04. The SMILES string of the molecule is Nc1nc(-c2cccnc2)nn1C(=O)c1ccc(-c2ccccc2)cc1. The van der Waals surface area contributed by atoms with Crippen LogP contribution < -0.4 is 5.73 Å². The molecule has 0 unspecified atom stereocenters. The lowest BCUT2D eigenvalue weighted by molar-refractivity contribution is 0.0948. The van der Waals surface area contributed by atoms with Crippen LogP contribution >= 0.6 is 0 Å². The minimum absolute atomic E-state index is 0.0426. The van der Waals surface area contributed by atoms with E-state index < -0.39 is 0 Å². The maximum Gasteiger partial charge on any atom is 0.281 e. The first-order chi connectivity index (χ1) is 12.7. The fraction of sp³-hybridized carbons (Fsp3) is 0. The van der Waals surface area contributed by atoms with Crippen molar-refractivity contribution < 1.29 is 4.79 Å². The van der Waals surface area contributed by atoms with Gasteiger partial charge in [-0.3, -0.25) is 9.78 Å². The molecule has 0 aliphatic heterocycles. The van der Waals surface area contributed by atoms with Gasteiger partial charge in [0.15, 0.2) is 5.82 Å². The number of anilines is 1. The van der Waals surface area contributed by atoms with Gasteiger partial charge in [0.25, 0.3) is 5.91 Å². The zero-order chi connectivity index (χ0) is 17.9. The highest BCUT2D eigenvalue weighted by molar-refractivity contribution is 5.97. The van der Waals surface area contributed by atoms with Crippen LogP contribution in [0.1, 0.15) is 10.4 Å². The Morgan fingerprint density at radius 2 is 1.54 bits per heavy atom. The van der Waals surface area contributed by atoms with Crippen molar-refractivity contribution in [1.82, 2.24) is 19.7 Å². The second-order valence-corrected chi connectivity index (χ2v) is 5.70. The number of nitrogens with zero attached hydrogens (tertiary/aromatic N) is 4. The first-order valence-corrected chi connectivity index (χ1v) is 8.05. The molecule has 0 bridgehead atoms. The van der Waals surface area contributed by atoms with Crippen LogP contribution in [0.3, 0.4) is 0 Å². The van der Waals surface area contributed by atoms with E-state index in [0.717, 1.165) is 15.8 Å². The third-order valence-corrected chi connectivity index (χ3v) is 3.98. The van der Waals surface area contributed by atoms with Gasteiger partial charge in [0.2, 0.25) is 5.95 Å². The molecule has 0 radical (unpaired) electrons. The van der Waals surface area contributed by atoms with Gasteiger partial charge in [-0.25, -0.2) is 0 Å². The van der Waals surface area contributed by atoms with Crippen molar-refractivity contribution in [2.75, 3.05) is 5.73 Å². The predicted molar refractivity (Wildman–Crippen MR) is 99.3 cm³/mol. The maximum absolute atomic E-state index is 12.7. The van der Waals surface area contributed by atoms with Crippen molar-refractivity contribution in [2.24, 2.45) is 0 Å². The summed E-state index contributed by atoms with van der Waals surface area (Å²) in [6.45, 7) is 0. The van der Waals surface area contributed by atoms with E-state index in [1.54, 1.807) is 30.6 Å². The maximum atomic E-state index is 12.7. The van der Waals surface area contributed by atoms with Gasteiger partial charge in [-0.1, -0.05) is 42.5 Å². The number of nitrogen functional groups attached to an aromatic ring is 1. The third-order valence-electron chi connectivity index (χ3n) is 3.98. The monoisotopic (exact) mass is 341 g/mol. The van der Waals surface area contributed by atoms with Crippen molar-refractivity contribution >= 4 is 11.9 Å². The van der Waals surface area contributed by atoms with Crippen molar-refractivity contribution in [1.29, 1.82) is 0 Å². The fourth-order valence-electron chi connectivity index (χ4n) is 2.65. The summed E-state index contributed by atoms with van der Waals surface area (Å²) < 4.78 is 1.11. The molecule has 2 heterocycles. The minimum atomic E-state index is -0.329. The zero-order valence-electron chi connectivity index (χ0n) is 13.8. The Kier molecular flexibility index (Phi) is 3.99. The van der Waals surface area contributed by atoms with Gasteiger partial charge in [-0.2, -0.15) is 9.67 Å². The van der Waals surface area contributed by atoms with Gasteiger partial charge in [0.05, 0.1) is 0 Å². The van der Waals surface area contributed by atoms with Crippen molar-refractivity contribution in [3.05, 3.63) is 84.7 Å². The number of hydrogen-bond acceptors (Lipinski definition) is 5. The lowest BCUT2D eigenvalue weighted by Crippen LogP contribution is -2.16. The van der Waals surface area contributed by atoms with Gasteiger partial charge in [-0.15, -0.1) is 5.10 Å². The molecule has 0 saturated carbocycles. The molecular weight excluding hydrogens is 326 g/mol. The van der Waals surface area contributed by atoms with Crippen LogP contribution in [0, 0.1) is 0 Å². The Balaban J connectivity index is 1.63. The Labute approximate surface area is 150 Å². The van der Waals surface area contributed by atoms with E-state index in [9.17, 15) is 4.79 Å². The van der Waals surface area contributed by atoms with Gasteiger partial charge < -0.3 is 5.73 Å². The number of carbonyl (C=O) groups excluding carboxylic acids is 1. The van der Waals surface area contributed by atoms with E-state index in [1.165, 1.54) is 0 Å². The smallest absolute Gasteiger partial charge is 0.281 e. The van der Waals surface area contributed by atoms with Gasteiger partial charge >= 0.3 is 0 Å². The molecule has 2 aromatic heterocycles. The summed E-state index contributed by atoms with van der Waals surface area (Å²) in [5.74, 6) is 0.0793. The third kappa shape index (κ3) is 2.95. The topological polar surface area (TPSA) is 86.7 Å². The second-order valence-electron chi connectivity index (χ2n) is 5.70. The molecule has 126 valence electrons. The van der Waals surface area contributed by atoms with E-state index in [-0.39, 0.29) is 11.9 Å². The molecule has 0 fully saturated rings. The number of pyridine rings is 1. The first kappa shape index (κ1) is 15.7. The molecule has 0 spiro atoms. The Bertz CT molecular complexity index is 1040. The van der Waals surface area contributed by atoms with E-state index in [2.05, 4.69) is 15.1 Å². The summed E-state index contributed by atoms with van der Waals surface area (Å²) in [5.41, 5.74) is 9.19. The highest BCUT2D eigenvalue weighted by atomic mass is 16.2. The summed E-state index contributed by atoms with van der Waals surface area (Å²) >= 11 is 0. The number of rotatable bonds is 3. The molecule has 0 aliphatic carbocycles. The summed E-state index contributed by atoms with van der Waals surface area (Å²) in [6, 6.07) is 20.9. The van der Waals surface area contributed by atoms with Crippen LogP contribution in [0.25, 0.3) is 22.5 Å². The molecular formula is C20H15N5O. The molecule has 0 aliphatic rings. The first-order valence-electron chi connectivity index (χ1n) is 8.05. The summed E-state index contributed by atoms with van der Waals surface area (Å²) in [6.07, 6.45) is 3.28. The van der Waals surface area contributed by atoms with Crippen molar-refractivity contribution in [3.63, 3.8) is 0 Å². The second kappa shape index (κ2) is 6.60. The molecule has 0 atom stereocenters. The quantitative estimate of drug-likeness (QED) is 0.618. The molecule has 0 saturated heterocycles. The fourth-order valence-corrected chi connectivity index (χ4v) is 2.65. The largest absolute Gasteiger partial charge is 0.368 e. The molecule has 2 aromatic carbocycles.